The fraction of sp³-hybridized carbons (Fsp3) is 0.293. The maximum Gasteiger partial charge on any atom is 0.407 e. The molecular weight excluding hydrogens is 770 g/mol. The molecule has 0 bridgehead atoms. The van der Waals surface area contributed by atoms with Gasteiger partial charge in [-0.2, -0.15) is 8.78 Å². The minimum absolute atomic E-state index is 0.163. The van der Waals surface area contributed by atoms with Gasteiger partial charge in [0.05, 0.1) is 5.76 Å². The van der Waals surface area contributed by atoms with Crippen LogP contribution in [0.2, 0.25) is 0 Å². The number of hydrogen-bond donors (Lipinski definition) is 2. The number of allylic oxidation sites excluding steroid dienone is 1. The van der Waals surface area contributed by atoms with Crippen LogP contribution in [-0.4, -0.2) is 42.7 Å². The maximum absolute atomic E-state index is 14.7. The molecule has 1 unspecified atom stereocenters. The number of aldehydes is 1. The van der Waals surface area contributed by atoms with Gasteiger partial charge in [0.25, 0.3) is 0 Å². The minimum atomic E-state index is -2.10. The Labute approximate surface area is 322 Å². The van der Waals surface area contributed by atoms with Crippen molar-refractivity contribution in [1.82, 2.24) is 5.32 Å². The number of benzene rings is 4. The molecule has 5 rings (SSSR count). The molecule has 4 aromatic carbocycles. The van der Waals surface area contributed by atoms with E-state index in [1.54, 1.807) is 0 Å². The predicted molar refractivity (Wildman–Crippen MR) is 190 cm³/mol. The highest BCUT2D eigenvalue weighted by molar-refractivity contribution is 5.79. The summed E-state index contributed by atoms with van der Waals surface area (Å²) in [5.41, 5.74) is 0.188. The Hall–Kier alpha value is -5.77. The van der Waals surface area contributed by atoms with Crippen LogP contribution in [0.15, 0.2) is 60.9 Å². The number of aliphatic hydroxyl groups excluding tert-OH is 1. The fourth-order valence-electron chi connectivity index (χ4n) is 6.46. The third-order valence-corrected chi connectivity index (χ3v) is 9.49. The number of rotatable bonds is 15. The number of alkyl carbamates (subject to hydrolysis) is 1. The van der Waals surface area contributed by atoms with Gasteiger partial charge >= 0.3 is 12.1 Å². The highest BCUT2D eigenvalue weighted by atomic mass is 19.2. The second-order valence-corrected chi connectivity index (χ2v) is 13.0. The molecule has 4 aromatic rings. The van der Waals surface area contributed by atoms with Gasteiger partial charge < -0.3 is 29.4 Å². The molecule has 0 saturated carbocycles. The molecule has 1 amide bonds. The lowest BCUT2D eigenvalue weighted by Gasteiger charge is -2.34. The Morgan fingerprint density at radius 3 is 1.68 bits per heavy atom. The summed E-state index contributed by atoms with van der Waals surface area (Å²) in [4.78, 5) is 38.0. The second-order valence-electron chi connectivity index (χ2n) is 13.0. The van der Waals surface area contributed by atoms with Crippen LogP contribution < -0.4 is 14.8 Å². The fourth-order valence-corrected chi connectivity index (χ4v) is 6.46. The lowest BCUT2D eigenvalue weighted by Crippen LogP contribution is -2.49. The van der Waals surface area contributed by atoms with Crippen LogP contribution >= 0.6 is 0 Å². The van der Waals surface area contributed by atoms with Gasteiger partial charge in [-0.15, -0.1) is 0 Å². The number of esters is 1. The monoisotopic (exact) mass is 807 g/mol. The van der Waals surface area contributed by atoms with Gasteiger partial charge in [-0.1, -0.05) is 55.1 Å². The lowest BCUT2D eigenvalue weighted by atomic mass is 9.83. The molecule has 0 heterocycles. The van der Waals surface area contributed by atoms with Crippen LogP contribution in [-0.2, 0) is 14.3 Å². The molecule has 16 heteroatoms. The number of ether oxygens (including phenoxy) is 3. The predicted octanol–water partition coefficient (Wildman–Crippen LogP) is 9.34. The van der Waals surface area contributed by atoms with Crippen molar-refractivity contribution < 1.29 is 68.8 Å². The van der Waals surface area contributed by atoms with Crippen LogP contribution in [0, 0.1) is 60.4 Å². The summed E-state index contributed by atoms with van der Waals surface area (Å²) in [7, 11) is 1.00. The van der Waals surface area contributed by atoms with Crippen LogP contribution in [0.25, 0.3) is 11.1 Å². The molecule has 0 fully saturated rings. The Morgan fingerprint density at radius 1 is 0.702 bits per heavy atom. The Bertz CT molecular complexity index is 1990. The van der Waals surface area contributed by atoms with Crippen molar-refractivity contribution in [1.29, 1.82) is 0 Å². The zero-order valence-corrected chi connectivity index (χ0v) is 30.9. The standard InChI is InChI=1S/C40H33F8NO6.CH4O/c1-20(54-37-31(43)21(2)29(41)33(45)35(37)47)13-16-40(15-8-18-50,17-14-28(51)55-38-32(44)22(3)30(42)34(46)36(38)48)49-39(52)53-19-27-25-11-6-4-9-23(25)24-10-5-7-12-26(24)27;1-2/h4-7,9-12,18,27H,1,8,13-17,19H2,2-3H3,(H,49,52);2H,1H3. The first-order valence-electron chi connectivity index (χ1n) is 17.3. The smallest absolute Gasteiger partial charge is 0.407 e. The normalized spacial score (nSPS) is 12.7. The number of aliphatic hydroxyl groups is 1. The van der Waals surface area contributed by atoms with Gasteiger partial charge in [0, 0.05) is 49.0 Å². The van der Waals surface area contributed by atoms with E-state index in [-0.39, 0.29) is 38.2 Å². The molecule has 8 nitrogen and oxygen atoms in total. The van der Waals surface area contributed by atoms with Crippen molar-refractivity contribution in [2.24, 2.45) is 0 Å². The molecule has 0 radical (unpaired) electrons. The molecule has 0 saturated heterocycles. The van der Waals surface area contributed by atoms with E-state index in [1.807, 2.05) is 48.5 Å². The molecule has 0 aliphatic heterocycles. The van der Waals surface area contributed by atoms with Gasteiger partial charge in [0.1, 0.15) is 12.9 Å². The van der Waals surface area contributed by atoms with Crippen LogP contribution in [0.4, 0.5) is 39.9 Å². The largest absolute Gasteiger partial charge is 0.456 e. The first kappa shape index (κ1) is 44.0. The summed E-state index contributed by atoms with van der Waals surface area (Å²) in [5, 5.41) is 9.63. The van der Waals surface area contributed by atoms with Crippen molar-refractivity contribution in [3.05, 3.63) is 130 Å². The van der Waals surface area contributed by atoms with Gasteiger partial charge in [-0.05, 0) is 55.4 Å². The van der Waals surface area contributed by atoms with Crippen molar-refractivity contribution in [2.45, 2.75) is 63.8 Å². The quantitative estimate of drug-likeness (QED) is 0.0234. The zero-order chi connectivity index (χ0) is 42.2. The molecule has 57 heavy (non-hydrogen) atoms. The SMILES string of the molecule is C=C(CCC(CCC=O)(CCC(=O)Oc1c(F)c(C)c(F)c(F)c1F)NC(=O)OCC1c2ccccc2-c2ccccc21)Oc1c(F)c(C)c(F)c(F)c1F.CO. The molecular formula is C41H37F8NO7. The number of carbonyl (C=O) groups excluding carboxylic acids is 3. The molecule has 304 valence electrons. The average Bonchev–Trinajstić information content (AvgIpc) is 3.54. The zero-order valence-electron chi connectivity index (χ0n) is 30.9. The maximum atomic E-state index is 14.7. The van der Waals surface area contributed by atoms with E-state index in [9.17, 15) is 49.5 Å². The van der Waals surface area contributed by atoms with Gasteiger partial charge in [0.15, 0.2) is 34.9 Å². The minimum Gasteiger partial charge on any atom is -0.456 e. The molecule has 0 aromatic heterocycles. The second kappa shape index (κ2) is 18.9. The first-order chi connectivity index (χ1) is 27.1. The van der Waals surface area contributed by atoms with Crippen LogP contribution in [0.1, 0.15) is 66.7 Å². The number of halogens is 8. The third kappa shape index (κ3) is 9.44. The van der Waals surface area contributed by atoms with Crippen LogP contribution in [0.5, 0.6) is 11.5 Å². The van der Waals surface area contributed by atoms with Crippen LogP contribution in [0.3, 0.4) is 0 Å². The summed E-state index contributed by atoms with van der Waals surface area (Å²) in [5.74, 6) is -19.9. The van der Waals surface area contributed by atoms with E-state index in [4.69, 9.17) is 19.3 Å². The topological polar surface area (TPSA) is 111 Å². The van der Waals surface area contributed by atoms with Gasteiger partial charge in [-0.3, -0.25) is 4.79 Å². The number of carbonyl (C=O) groups is 3. The summed E-state index contributed by atoms with van der Waals surface area (Å²) >= 11 is 0. The Morgan fingerprint density at radius 2 is 1.18 bits per heavy atom. The van der Waals surface area contributed by atoms with Gasteiger partial charge in [0.2, 0.25) is 23.1 Å². The molecule has 2 N–H and O–H groups in total. The molecule has 1 atom stereocenters. The van der Waals surface area contributed by atoms with Gasteiger partial charge in [-0.25, -0.2) is 31.1 Å². The Balaban J connectivity index is 0.00000354. The summed E-state index contributed by atoms with van der Waals surface area (Å²) < 4.78 is 130. The number of amides is 1. The molecule has 1 aliphatic carbocycles. The highest BCUT2D eigenvalue weighted by Crippen LogP contribution is 2.44. The van der Waals surface area contributed by atoms with E-state index in [0.29, 0.717) is 6.29 Å². The number of hydrogen-bond acceptors (Lipinski definition) is 7. The van der Waals surface area contributed by atoms with Crippen molar-refractivity contribution in [3.8, 4) is 22.6 Å². The number of fused-ring (bicyclic) bond motifs is 3. The molecule has 1 aliphatic rings. The van der Waals surface area contributed by atoms with E-state index in [2.05, 4.69) is 11.9 Å². The summed E-state index contributed by atoms with van der Waals surface area (Å²) in [6, 6.07) is 15.0. The summed E-state index contributed by atoms with van der Waals surface area (Å²) in [6.07, 6.45) is -2.91. The summed E-state index contributed by atoms with van der Waals surface area (Å²) in [6.45, 7) is 5.06. The van der Waals surface area contributed by atoms with E-state index in [1.165, 1.54) is 0 Å². The van der Waals surface area contributed by atoms with E-state index in [0.717, 1.165) is 43.2 Å². The van der Waals surface area contributed by atoms with Crippen molar-refractivity contribution >= 4 is 18.3 Å². The molecule has 0 spiro atoms. The van der Waals surface area contributed by atoms with E-state index >= 15 is 0 Å². The Kier molecular flexibility index (Phi) is 14.6. The van der Waals surface area contributed by atoms with E-state index < -0.39 is 105 Å². The lowest BCUT2D eigenvalue weighted by molar-refractivity contribution is -0.135. The first-order valence-corrected chi connectivity index (χ1v) is 17.3. The highest BCUT2D eigenvalue weighted by Gasteiger charge is 2.36. The van der Waals surface area contributed by atoms with Crippen molar-refractivity contribution in [2.75, 3.05) is 13.7 Å². The average molecular weight is 808 g/mol. The third-order valence-electron chi connectivity index (χ3n) is 9.49. The number of nitrogens with one attached hydrogen (secondary N) is 1. The van der Waals surface area contributed by atoms with Crippen molar-refractivity contribution in [3.63, 3.8) is 0 Å².